The van der Waals surface area contributed by atoms with Crippen LogP contribution >= 0.6 is 12.2 Å². The molecule has 0 unspecified atom stereocenters. The van der Waals surface area contributed by atoms with Crippen molar-refractivity contribution in [3.05, 3.63) is 54.1 Å². The lowest BCUT2D eigenvalue weighted by molar-refractivity contribution is -0.121. The predicted octanol–water partition coefficient (Wildman–Crippen LogP) is 2.12. The molecule has 0 spiro atoms. The highest BCUT2D eigenvalue weighted by Crippen LogP contribution is 2.28. The van der Waals surface area contributed by atoms with Crippen molar-refractivity contribution in [2.45, 2.75) is 0 Å². The summed E-state index contributed by atoms with van der Waals surface area (Å²) in [6.07, 6.45) is 0. The Balaban J connectivity index is 1.67. The zero-order valence-corrected chi connectivity index (χ0v) is 18.4. The summed E-state index contributed by atoms with van der Waals surface area (Å²) in [4.78, 5) is 28.7. The highest BCUT2D eigenvalue weighted by molar-refractivity contribution is 7.80. The minimum Gasteiger partial charge on any atom is -0.484 e. The lowest BCUT2D eigenvalue weighted by Gasteiger charge is -2.35. The number of anilines is 2. The Morgan fingerprint density at radius 3 is 2.45 bits per heavy atom. The summed E-state index contributed by atoms with van der Waals surface area (Å²) >= 11 is 5.32. The molecule has 2 N–H and O–H groups in total. The first-order chi connectivity index (χ1) is 15.0. The van der Waals surface area contributed by atoms with Gasteiger partial charge in [0, 0.05) is 26.2 Å². The monoisotopic (exact) mass is 442 g/mol. The second kappa shape index (κ2) is 10.7. The number of nitrogens with zero attached hydrogens (tertiary/aromatic N) is 2. The van der Waals surface area contributed by atoms with Gasteiger partial charge in [-0.15, -0.1) is 0 Å². The van der Waals surface area contributed by atoms with Gasteiger partial charge in [0.15, 0.2) is 11.7 Å². The minimum atomic E-state index is -0.445. The van der Waals surface area contributed by atoms with Gasteiger partial charge >= 0.3 is 5.97 Å². The molecule has 164 valence electrons. The van der Waals surface area contributed by atoms with E-state index in [1.54, 1.807) is 24.3 Å². The molecule has 0 radical (unpaired) electrons. The number of carbonyl (C=O) groups excluding carboxylic acids is 2. The molecule has 2 aromatic rings. The van der Waals surface area contributed by atoms with Crippen molar-refractivity contribution in [3.8, 4) is 5.75 Å². The Morgan fingerprint density at radius 1 is 1.06 bits per heavy atom. The van der Waals surface area contributed by atoms with Crippen LogP contribution in [-0.2, 0) is 9.53 Å². The molecule has 0 saturated carbocycles. The van der Waals surface area contributed by atoms with E-state index < -0.39 is 5.97 Å². The molecule has 2 aromatic carbocycles. The Hall–Kier alpha value is -3.17. The molecule has 1 saturated heterocycles. The third-order valence-corrected chi connectivity index (χ3v) is 5.08. The fourth-order valence-corrected chi connectivity index (χ4v) is 3.41. The average molecular weight is 443 g/mol. The summed E-state index contributed by atoms with van der Waals surface area (Å²) in [5.74, 6) is -0.231. The minimum absolute atomic E-state index is 0.124. The van der Waals surface area contributed by atoms with E-state index in [4.69, 9.17) is 21.7 Å². The molecule has 3 rings (SSSR count). The molecule has 1 aliphatic heterocycles. The van der Waals surface area contributed by atoms with Crippen LogP contribution in [-0.4, -0.2) is 68.8 Å². The lowest BCUT2D eigenvalue weighted by atomic mass is 10.1. The van der Waals surface area contributed by atoms with E-state index in [1.807, 2.05) is 24.3 Å². The van der Waals surface area contributed by atoms with Gasteiger partial charge in [-0.25, -0.2) is 4.79 Å². The fraction of sp³-hybridized carbons (Fsp3) is 0.318. The van der Waals surface area contributed by atoms with Gasteiger partial charge in [0.25, 0.3) is 5.91 Å². The topological polar surface area (TPSA) is 83.1 Å². The van der Waals surface area contributed by atoms with Crippen molar-refractivity contribution in [3.63, 3.8) is 0 Å². The summed E-state index contributed by atoms with van der Waals surface area (Å²) < 4.78 is 10.3. The van der Waals surface area contributed by atoms with Gasteiger partial charge in [0.1, 0.15) is 5.75 Å². The van der Waals surface area contributed by atoms with Crippen LogP contribution in [0, 0.1) is 0 Å². The van der Waals surface area contributed by atoms with Crippen LogP contribution in [0.2, 0.25) is 0 Å². The number of carbonyl (C=O) groups is 2. The smallest absolute Gasteiger partial charge is 0.337 e. The maximum Gasteiger partial charge on any atom is 0.337 e. The predicted molar refractivity (Wildman–Crippen MR) is 124 cm³/mol. The van der Waals surface area contributed by atoms with Gasteiger partial charge in [-0.3, -0.25) is 10.1 Å². The van der Waals surface area contributed by atoms with Gasteiger partial charge in [0.05, 0.1) is 24.0 Å². The number of amides is 1. The van der Waals surface area contributed by atoms with Crippen molar-refractivity contribution in [1.82, 2.24) is 10.2 Å². The van der Waals surface area contributed by atoms with Crippen LogP contribution < -0.4 is 20.3 Å². The summed E-state index contributed by atoms with van der Waals surface area (Å²) in [5, 5.41) is 5.78. The van der Waals surface area contributed by atoms with Crippen LogP contribution in [0.15, 0.2) is 48.5 Å². The maximum absolute atomic E-state index is 12.2. The first-order valence-corrected chi connectivity index (χ1v) is 10.3. The zero-order chi connectivity index (χ0) is 22.2. The first-order valence-electron chi connectivity index (χ1n) is 9.91. The number of rotatable bonds is 6. The number of hydrogen-bond donors (Lipinski definition) is 2. The normalized spacial score (nSPS) is 13.9. The number of ether oxygens (including phenoxy) is 2. The average Bonchev–Trinajstić information content (AvgIpc) is 2.78. The van der Waals surface area contributed by atoms with E-state index in [9.17, 15) is 9.59 Å². The molecule has 1 fully saturated rings. The first kappa shape index (κ1) is 22.5. The summed E-state index contributed by atoms with van der Waals surface area (Å²) in [6.45, 7) is 3.37. The van der Waals surface area contributed by atoms with Crippen molar-refractivity contribution >= 4 is 40.6 Å². The molecular formula is C22H26N4O4S. The summed E-state index contributed by atoms with van der Waals surface area (Å²) in [7, 11) is 3.42. The van der Waals surface area contributed by atoms with E-state index in [0.717, 1.165) is 31.9 Å². The molecule has 9 heteroatoms. The number of para-hydroxylation sites is 1. The largest absolute Gasteiger partial charge is 0.484 e. The zero-order valence-electron chi connectivity index (χ0n) is 17.6. The van der Waals surface area contributed by atoms with Crippen LogP contribution in [0.25, 0.3) is 0 Å². The van der Waals surface area contributed by atoms with Crippen LogP contribution in [0.1, 0.15) is 10.4 Å². The third kappa shape index (κ3) is 6.40. The van der Waals surface area contributed by atoms with Crippen LogP contribution in [0.3, 0.4) is 0 Å². The number of piperazine rings is 1. The second-order valence-corrected chi connectivity index (χ2v) is 7.53. The second-order valence-electron chi connectivity index (χ2n) is 7.12. The van der Waals surface area contributed by atoms with Crippen molar-refractivity contribution in [1.29, 1.82) is 0 Å². The molecule has 0 aliphatic carbocycles. The molecule has 8 nitrogen and oxygen atoms in total. The van der Waals surface area contributed by atoms with Gasteiger partial charge < -0.3 is 24.6 Å². The molecule has 1 heterocycles. The Labute approximate surface area is 187 Å². The molecule has 31 heavy (non-hydrogen) atoms. The highest BCUT2D eigenvalue weighted by atomic mass is 32.1. The van der Waals surface area contributed by atoms with E-state index in [0.29, 0.717) is 17.0 Å². The maximum atomic E-state index is 12.2. The molecule has 1 amide bonds. The summed E-state index contributed by atoms with van der Waals surface area (Å²) in [6, 6.07) is 14.3. The molecule has 0 bridgehead atoms. The number of likely N-dealkylation sites (N-methyl/N-ethyl adjacent to an activating group) is 1. The van der Waals surface area contributed by atoms with Gasteiger partial charge in [0.2, 0.25) is 0 Å². The number of thiocarbonyl (C=S) groups is 1. The molecule has 0 aromatic heterocycles. The third-order valence-electron chi connectivity index (χ3n) is 4.88. The Morgan fingerprint density at radius 2 is 1.77 bits per heavy atom. The summed E-state index contributed by atoms with van der Waals surface area (Å²) in [5.41, 5.74) is 1.92. The Bertz CT molecular complexity index is 930. The molecule has 1 aliphatic rings. The van der Waals surface area contributed by atoms with Gasteiger partial charge in [-0.2, -0.15) is 0 Å². The van der Waals surface area contributed by atoms with Crippen molar-refractivity contribution < 1.29 is 19.1 Å². The van der Waals surface area contributed by atoms with Gasteiger partial charge in [-0.1, -0.05) is 18.2 Å². The number of esters is 1. The standard InChI is InChI=1S/C22H26N4O4S/c1-25-10-12-26(13-11-25)19-9-8-16(21(28)29-2)14-18(19)23-22(31)24-20(27)15-30-17-6-4-3-5-7-17/h3-9,14H,10-13,15H2,1-2H3,(H2,23,24,27,31). The molecule has 0 atom stereocenters. The van der Waals surface area contributed by atoms with Gasteiger partial charge in [-0.05, 0) is 49.6 Å². The number of methoxy groups -OCH3 is 1. The number of hydrogen-bond acceptors (Lipinski definition) is 7. The van der Waals surface area contributed by atoms with Crippen molar-refractivity contribution in [2.75, 3.05) is 57.2 Å². The van der Waals surface area contributed by atoms with E-state index in [2.05, 4.69) is 27.5 Å². The lowest BCUT2D eigenvalue weighted by Crippen LogP contribution is -2.45. The SMILES string of the molecule is COC(=O)c1ccc(N2CCN(C)CC2)c(NC(=S)NC(=O)COc2ccccc2)c1. The Kier molecular flexibility index (Phi) is 7.80. The molecular weight excluding hydrogens is 416 g/mol. The fourth-order valence-electron chi connectivity index (χ4n) is 3.19. The van der Waals surface area contributed by atoms with E-state index in [1.165, 1.54) is 7.11 Å². The van der Waals surface area contributed by atoms with E-state index >= 15 is 0 Å². The van der Waals surface area contributed by atoms with Crippen molar-refractivity contribution in [2.24, 2.45) is 0 Å². The quantitative estimate of drug-likeness (QED) is 0.520. The van der Waals surface area contributed by atoms with Crippen LogP contribution in [0.5, 0.6) is 5.75 Å². The number of benzene rings is 2. The van der Waals surface area contributed by atoms with Crippen LogP contribution in [0.4, 0.5) is 11.4 Å². The number of nitrogens with one attached hydrogen (secondary N) is 2. The van der Waals surface area contributed by atoms with E-state index in [-0.39, 0.29) is 17.6 Å². The highest BCUT2D eigenvalue weighted by Gasteiger charge is 2.19.